The largest absolute Gasteiger partial charge is 0.357 e. The van der Waals surface area contributed by atoms with Gasteiger partial charge in [-0.25, -0.2) is 13.1 Å². The second-order valence-corrected chi connectivity index (χ2v) is 7.97. The Hall–Kier alpha value is -0.880. The molecular weight excluding hydrogens is 455 g/mol. The molecule has 10 heteroatoms. The third-order valence-electron chi connectivity index (χ3n) is 3.98. The number of aryl methyl sites for hydroxylation is 1. The van der Waals surface area contributed by atoms with E-state index in [2.05, 4.69) is 38.2 Å². The smallest absolute Gasteiger partial charge is 0.208 e. The fraction of sp³-hybridized carbons (Fsp3) is 0.733. The lowest BCUT2D eigenvalue weighted by Crippen LogP contribution is -2.40. The van der Waals surface area contributed by atoms with Crippen LogP contribution in [-0.2, 0) is 17.1 Å². The number of halogens is 1. The number of sulfonamides is 1. The quantitative estimate of drug-likeness (QED) is 0.258. The zero-order valence-corrected chi connectivity index (χ0v) is 18.3. The van der Waals surface area contributed by atoms with Crippen LogP contribution >= 0.6 is 24.0 Å². The molecule has 0 radical (unpaired) electrons. The fourth-order valence-corrected chi connectivity index (χ4v) is 3.34. The molecule has 0 bridgehead atoms. The SMILES string of the molecule is CCNC(=NCCCNS(C)(=O)=O)N1CCC(c2cnn(C)c2)C1.I. The zero-order chi connectivity index (χ0) is 17.6. The van der Waals surface area contributed by atoms with Gasteiger partial charge in [0.15, 0.2) is 5.96 Å². The van der Waals surface area contributed by atoms with Crippen LogP contribution < -0.4 is 10.0 Å². The van der Waals surface area contributed by atoms with Gasteiger partial charge in [-0.05, 0) is 25.3 Å². The summed E-state index contributed by atoms with van der Waals surface area (Å²) in [6.45, 7) is 5.77. The van der Waals surface area contributed by atoms with Gasteiger partial charge in [0.1, 0.15) is 0 Å². The molecule has 1 unspecified atom stereocenters. The number of hydrogen-bond donors (Lipinski definition) is 2. The predicted molar refractivity (Wildman–Crippen MR) is 111 cm³/mol. The molecule has 0 aromatic carbocycles. The summed E-state index contributed by atoms with van der Waals surface area (Å²) in [6.07, 6.45) is 6.96. The molecule has 0 amide bonds. The van der Waals surface area contributed by atoms with Crippen LogP contribution in [0.15, 0.2) is 17.4 Å². The monoisotopic (exact) mass is 484 g/mol. The highest BCUT2D eigenvalue weighted by molar-refractivity contribution is 14.0. The normalized spacial score (nSPS) is 18.3. The maximum absolute atomic E-state index is 11.0. The van der Waals surface area contributed by atoms with Crippen molar-refractivity contribution in [2.45, 2.75) is 25.7 Å². The average Bonchev–Trinajstić information content (AvgIpc) is 3.13. The summed E-state index contributed by atoms with van der Waals surface area (Å²) in [7, 11) is -1.18. The highest BCUT2D eigenvalue weighted by Crippen LogP contribution is 2.26. The summed E-state index contributed by atoms with van der Waals surface area (Å²) in [4.78, 5) is 6.89. The van der Waals surface area contributed by atoms with E-state index in [9.17, 15) is 8.42 Å². The van der Waals surface area contributed by atoms with E-state index in [-0.39, 0.29) is 24.0 Å². The minimum Gasteiger partial charge on any atom is -0.357 e. The predicted octanol–water partition coefficient (Wildman–Crippen LogP) is 0.732. The maximum atomic E-state index is 11.0. The molecule has 1 fully saturated rings. The summed E-state index contributed by atoms with van der Waals surface area (Å²) < 4.78 is 26.4. The third kappa shape index (κ3) is 7.48. The summed E-state index contributed by atoms with van der Waals surface area (Å²) >= 11 is 0. The van der Waals surface area contributed by atoms with Gasteiger partial charge in [0, 0.05) is 51.9 Å². The van der Waals surface area contributed by atoms with Crippen LogP contribution in [0.25, 0.3) is 0 Å². The molecule has 1 aromatic heterocycles. The van der Waals surface area contributed by atoms with Gasteiger partial charge in [0.05, 0.1) is 12.5 Å². The third-order valence-corrected chi connectivity index (χ3v) is 4.71. The van der Waals surface area contributed by atoms with Crippen molar-refractivity contribution in [3.05, 3.63) is 18.0 Å². The zero-order valence-electron chi connectivity index (χ0n) is 15.1. The van der Waals surface area contributed by atoms with Crippen molar-refractivity contribution < 1.29 is 8.42 Å². The van der Waals surface area contributed by atoms with Gasteiger partial charge in [-0.1, -0.05) is 0 Å². The molecule has 1 aromatic rings. The minimum absolute atomic E-state index is 0. The Morgan fingerprint density at radius 2 is 2.24 bits per heavy atom. The van der Waals surface area contributed by atoms with Crippen molar-refractivity contribution in [1.29, 1.82) is 0 Å². The van der Waals surface area contributed by atoms with Gasteiger partial charge < -0.3 is 10.2 Å². The van der Waals surface area contributed by atoms with E-state index in [4.69, 9.17) is 0 Å². The molecule has 1 aliphatic heterocycles. The number of nitrogens with zero attached hydrogens (tertiary/aromatic N) is 4. The molecule has 2 rings (SSSR count). The van der Waals surface area contributed by atoms with E-state index in [1.54, 1.807) is 0 Å². The van der Waals surface area contributed by atoms with Gasteiger partial charge in [0.2, 0.25) is 10.0 Å². The molecule has 0 aliphatic carbocycles. The fourth-order valence-electron chi connectivity index (χ4n) is 2.82. The number of hydrogen-bond acceptors (Lipinski definition) is 4. The molecule has 144 valence electrons. The van der Waals surface area contributed by atoms with Gasteiger partial charge in [0.25, 0.3) is 0 Å². The summed E-state index contributed by atoms with van der Waals surface area (Å²) in [5, 5.41) is 7.58. The van der Waals surface area contributed by atoms with Gasteiger partial charge in [-0.3, -0.25) is 9.67 Å². The summed E-state index contributed by atoms with van der Waals surface area (Å²) in [5.41, 5.74) is 1.27. The Labute approximate surface area is 167 Å². The van der Waals surface area contributed by atoms with Crippen LogP contribution in [-0.4, -0.2) is 68.0 Å². The first-order chi connectivity index (χ1) is 11.4. The van der Waals surface area contributed by atoms with Crippen molar-refractivity contribution in [3.63, 3.8) is 0 Å². The van der Waals surface area contributed by atoms with Crippen molar-refractivity contribution in [3.8, 4) is 0 Å². The van der Waals surface area contributed by atoms with Gasteiger partial charge in [-0.2, -0.15) is 5.10 Å². The molecule has 2 N–H and O–H groups in total. The van der Waals surface area contributed by atoms with Crippen molar-refractivity contribution >= 4 is 40.0 Å². The molecule has 1 atom stereocenters. The van der Waals surface area contributed by atoms with Crippen molar-refractivity contribution in [2.24, 2.45) is 12.0 Å². The number of likely N-dealkylation sites (tertiary alicyclic amines) is 1. The number of rotatable bonds is 7. The highest BCUT2D eigenvalue weighted by Gasteiger charge is 2.26. The van der Waals surface area contributed by atoms with Crippen LogP contribution in [0.1, 0.15) is 31.2 Å². The molecule has 1 saturated heterocycles. The Balaban J connectivity index is 0.00000312. The number of nitrogens with one attached hydrogen (secondary N) is 2. The molecule has 8 nitrogen and oxygen atoms in total. The number of guanidine groups is 1. The lowest BCUT2D eigenvalue weighted by molar-refractivity contribution is 0.485. The van der Waals surface area contributed by atoms with Crippen LogP contribution in [0.5, 0.6) is 0 Å². The minimum atomic E-state index is -3.12. The second kappa shape index (κ2) is 10.3. The molecule has 1 aliphatic rings. The Bertz CT molecular complexity index is 661. The average molecular weight is 484 g/mol. The van der Waals surface area contributed by atoms with E-state index in [0.717, 1.165) is 32.0 Å². The van der Waals surface area contributed by atoms with E-state index in [0.29, 0.717) is 25.4 Å². The first-order valence-electron chi connectivity index (χ1n) is 8.35. The van der Waals surface area contributed by atoms with E-state index < -0.39 is 10.0 Å². The summed E-state index contributed by atoms with van der Waals surface area (Å²) in [5.74, 6) is 1.39. The van der Waals surface area contributed by atoms with Gasteiger partial charge >= 0.3 is 0 Å². The van der Waals surface area contributed by atoms with E-state index >= 15 is 0 Å². The standard InChI is InChI=1S/C15H28N6O2S.HI/c1-4-16-15(17-7-5-8-19-24(3,22)23)21-9-6-13(12-21)14-10-18-20(2)11-14;/h10-11,13,19H,4-9,12H2,1-3H3,(H,16,17);1H. The molecule has 0 spiro atoms. The molecule has 2 heterocycles. The molecule has 25 heavy (non-hydrogen) atoms. The lowest BCUT2D eigenvalue weighted by Gasteiger charge is -2.21. The Morgan fingerprint density at radius 3 is 2.84 bits per heavy atom. The van der Waals surface area contributed by atoms with Crippen molar-refractivity contribution in [2.75, 3.05) is 39.0 Å². The first kappa shape index (κ1) is 22.2. The molecular formula is C15H29IN6O2S. The van der Waals surface area contributed by atoms with Crippen LogP contribution in [0.3, 0.4) is 0 Å². The topological polar surface area (TPSA) is 91.6 Å². The van der Waals surface area contributed by atoms with Crippen LogP contribution in [0.2, 0.25) is 0 Å². The second-order valence-electron chi connectivity index (χ2n) is 6.13. The van der Waals surface area contributed by atoms with E-state index in [1.165, 1.54) is 11.8 Å². The maximum Gasteiger partial charge on any atom is 0.208 e. The van der Waals surface area contributed by atoms with Crippen LogP contribution in [0, 0.1) is 0 Å². The molecule has 0 saturated carbocycles. The highest BCUT2D eigenvalue weighted by atomic mass is 127. The Kier molecular flexibility index (Phi) is 9.14. The number of aromatic nitrogens is 2. The van der Waals surface area contributed by atoms with E-state index in [1.807, 2.05) is 17.9 Å². The van der Waals surface area contributed by atoms with Gasteiger partial charge in [-0.15, -0.1) is 24.0 Å². The first-order valence-corrected chi connectivity index (χ1v) is 10.2. The van der Waals surface area contributed by atoms with Crippen molar-refractivity contribution in [1.82, 2.24) is 24.7 Å². The van der Waals surface area contributed by atoms with Crippen LogP contribution in [0.4, 0.5) is 0 Å². The number of aliphatic imine (C=N–C) groups is 1. The summed E-state index contributed by atoms with van der Waals surface area (Å²) in [6, 6.07) is 0. The lowest BCUT2D eigenvalue weighted by atomic mass is 10.0. The Morgan fingerprint density at radius 1 is 1.48 bits per heavy atom.